The fourth-order valence-electron chi connectivity index (χ4n) is 4.07. The number of carbonyl (C=O) groups excluding carboxylic acids is 1. The Hall–Kier alpha value is -2.15. The van der Waals surface area contributed by atoms with Gasteiger partial charge >= 0.3 is 0 Å². The van der Waals surface area contributed by atoms with Crippen molar-refractivity contribution in [3.63, 3.8) is 0 Å². The summed E-state index contributed by atoms with van der Waals surface area (Å²) >= 11 is 0. The molecule has 0 aliphatic carbocycles. The molecule has 0 spiro atoms. The molecule has 7 heteroatoms. The van der Waals surface area contributed by atoms with Crippen molar-refractivity contribution in [2.24, 2.45) is 0 Å². The number of rotatable bonds is 4. The van der Waals surface area contributed by atoms with E-state index < -0.39 is 0 Å². The molecule has 0 unspecified atom stereocenters. The predicted molar refractivity (Wildman–Crippen MR) is 85.8 cm³/mol. The lowest BCUT2D eigenvalue weighted by molar-refractivity contribution is -0.130. The summed E-state index contributed by atoms with van der Waals surface area (Å²) in [6.07, 6.45) is 7.66. The lowest BCUT2D eigenvalue weighted by Gasteiger charge is -2.33. The fourth-order valence-corrected chi connectivity index (χ4v) is 4.07. The van der Waals surface area contributed by atoms with E-state index in [0.29, 0.717) is 30.3 Å². The summed E-state index contributed by atoms with van der Waals surface area (Å²) in [6.45, 7) is 4.20. The number of likely N-dealkylation sites (tertiary alicyclic amines) is 2. The van der Waals surface area contributed by atoms with Crippen molar-refractivity contribution in [1.29, 1.82) is 0 Å². The highest BCUT2D eigenvalue weighted by Crippen LogP contribution is 2.31. The van der Waals surface area contributed by atoms with Crippen molar-refractivity contribution in [2.75, 3.05) is 13.1 Å². The Balaban J connectivity index is 1.47. The molecular weight excluding hydrogens is 308 g/mol. The molecule has 0 N–H and O–H groups in total. The molecule has 0 radical (unpaired) electrons. The van der Waals surface area contributed by atoms with E-state index in [1.54, 1.807) is 19.5 Å². The first kappa shape index (κ1) is 15.4. The van der Waals surface area contributed by atoms with Crippen molar-refractivity contribution < 1.29 is 13.7 Å². The number of aromatic nitrogens is 2. The van der Waals surface area contributed by atoms with Crippen LogP contribution >= 0.6 is 0 Å². The predicted octanol–water partition coefficient (Wildman–Crippen LogP) is 2.30. The summed E-state index contributed by atoms with van der Waals surface area (Å²) in [5, 5.41) is 4.03. The molecule has 2 aromatic heterocycles. The van der Waals surface area contributed by atoms with Crippen molar-refractivity contribution >= 4 is 5.91 Å². The number of hydrogen-bond acceptors (Lipinski definition) is 6. The highest BCUT2D eigenvalue weighted by molar-refractivity contribution is 5.74. The second-order valence-corrected chi connectivity index (χ2v) is 6.63. The molecule has 24 heavy (non-hydrogen) atoms. The minimum Gasteiger partial charge on any atom is -0.472 e. The molecule has 2 atom stereocenters. The quantitative estimate of drug-likeness (QED) is 0.856. The van der Waals surface area contributed by atoms with Gasteiger partial charge in [0.2, 0.25) is 17.6 Å². The molecule has 4 heterocycles. The normalized spacial score (nSPS) is 24.8. The SMILES string of the molecule is CC(=O)N1CCC[C@H]1[C@@H]1CCCN1Cc1nc(-c2ccoc2)no1. The Bertz CT molecular complexity index is 697. The second-order valence-electron chi connectivity index (χ2n) is 6.63. The van der Waals surface area contributed by atoms with Gasteiger partial charge in [0.25, 0.3) is 0 Å². The van der Waals surface area contributed by atoms with Crippen molar-refractivity contribution in [2.45, 2.75) is 51.2 Å². The second kappa shape index (κ2) is 6.39. The van der Waals surface area contributed by atoms with Crippen LogP contribution in [0.2, 0.25) is 0 Å². The third-order valence-corrected chi connectivity index (χ3v) is 5.15. The Morgan fingerprint density at radius 3 is 2.92 bits per heavy atom. The van der Waals surface area contributed by atoms with Gasteiger partial charge < -0.3 is 13.8 Å². The van der Waals surface area contributed by atoms with Crippen LogP contribution in [0.1, 0.15) is 38.5 Å². The smallest absolute Gasteiger partial charge is 0.241 e. The van der Waals surface area contributed by atoms with Crippen LogP contribution in [-0.4, -0.2) is 51.0 Å². The van der Waals surface area contributed by atoms with Crippen LogP contribution in [0, 0.1) is 0 Å². The van der Waals surface area contributed by atoms with Crippen LogP contribution in [-0.2, 0) is 11.3 Å². The van der Waals surface area contributed by atoms with E-state index >= 15 is 0 Å². The van der Waals surface area contributed by atoms with Crippen molar-refractivity contribution in [3.05, 3.63) is 24.5 Å². The van der Waals surface area contributed by atoms with Gasteiger partial charge in [-0.1, -0.05) is 5.16 Å². The van der Waals surface area contributed by atoms with Gasteiger partial charge in [0.05, 0.1) is 18.4 Å². The minimum absolute atomic E-state index is 0.185. The number of amides is 1. The van der Waals surface area contributed by atoms with Gasteiger partial charge in [0.15, 0.2) is 0 Å². The summed E-state index contributed by atoms with van der Waals surface area (Å²) in [6, 6.07) is 2.53. The van der Waals surface area contributed by atoms with Crippen molar-refractivity contribution in [3.8, 4) is 11.4 Å². The molecule has 7 nitrogen and oxygen atoms in total. The van der Waals surface area contributed by atoms with E-state index in [2.05, 4.69) is 15.0 Å². The minimum atomic E-state index is 0.185. The molecule has 128 valence electrons. The zero-order valence-electron chi connectivity index (χ0n) is 13.9. The Morgan fingerprint density at radius 1 is 1.29 bits per heavy atom. The lowest BCUT2D eigenvalue weighted by atomic mass is 10.0. The molecular formula is C17H22N4O3. The van der Waals surface area contributed by atoms with Crippen LogP contribution in [0.15, 0.2) is 27.5 Å². The van der Waals surface area contributed by atoms with E-state index in [1.165, 1.54) is 0 Å². The lowest BCUT2D eigenvalue weighted by Crippen LogP contribution is -2.47. The van der Waals surface area contributed by atoms with Gasteiger partial charge in [-0.25, -0.2) is 0 Å². The van der Waals surface area contributed by atoms with Crippen LogP contribution in [0.25, 0.3) is 11.4 Å². The third-order valence-electron chi connectivity index (χ3n) is 5.15. The highest BCUT2D eigenvalue weighted by atomic mass is 16.5. The van der Waals surface area contributed by atoms with E-state index in [0.717, 1.165) is 44.3 Å². The standard InChI is InChI=1S/C17H22N4O3/c1-12(22)21-8-3-5-15(21)14-4-2-7-20(14)10-16-18-17(19-24-16)13-6-9-23-11-13/h6,9,11,14-15H,2-5,7-8,10H2,1H3/t14-,15-/m0/s1. The maximum atomic E-state index is 11.9. The van der Waals surface area contributed by atoms with E-state index in [4.69, 9.17) is 8.94 Å². The van der Waals surface area contributed by atoms with E-state index in [1.807, 2.05) is 11.0 Å². The zero-order valence-corrected chi connectivity index (χ0v) is 13.9. The summed E-state index contributed by atoms with van der Waals surface area (Å²) in [5.41, 5.74) is 0.821. The highest BCUT2D eigenvalue weighted by Gasteiger charge is 2.39. The molecule has 1 amide bonds. The first-order valence-electron chi connectivity index (χ1n) is 8.59. The van der Waals surface area contributed by atoms with E-state index in [9.17, 15) is 4.79 Å². The van der Waals surface area contributed by atoms with Gasteiger partial charge in [0, 0.05) is 25.6 Å². The average molecular weight is 330 g/mol. The molecule has 4 rings (SSSR count). The van der Waals surface area contributed by atoms with E-state index in [-0.39, 0.29) is 5.91 Å². The Labute approximate surface area is 140 Å². The first-order chi connectivity index (χ1) is 11.7. The maximum Gasteiger partial charge on any atom is 0.241 e. The summed E-state index contributed by atoms with van der Waals surface area (Å²) in [7, 11) is 0. The van der Waals surface area contributed by atoms with Gasteiger partial charge in [-0.2, -0.15) is 4.98 Å². The monoisotopic (exact) mass is 330 g/mol. The van der Waals surface area contributed by atoms with Gasteiger partial charge in [0.1, 0.15) is 6.26 Å². The molecule has 0 aromatic carbocycles. The molecule has 2 aliphatic rings. The van der Waals surface area contributed by atoms with Crippen LogP contribution in [0.5, 0.6) is 0 Å². The molecule has 0 bridgehead atoms. The van der Waals surface area contributed by atoms with Gasteiger partial charge in [-0.3, -0.25) is 9.69 Å². The summed E-state index contributed by atoms with van der Waals surface area (Å²) in [5.74, 6) is 1.36. The average Bonchev–Trinajstić information content (AvgIpc) is 3.35. The topological polar surface area (TPSA) is 75.6 Å². The summed E-state index contributed by atoms with van der Waals surface area (Å²) < 4.78 is 10.5. The number of carbonyl (C=O) groups is 1. The number of furan rings is 1. The fraction of sp³-hybridized carbons (Fsp3) is 0.588. The molecule has 2 aliphatic heterocycles. The molecule has 2 fully saturated rings. The van der Waals surface area contributed by atoms with Gasteiger partial charge in [-0.15, -0.1) is 0 Å². The molecule has 2 saturated heterocycles. The first-order valence-corrected chi connectivity index (χ1v) is 8.59. The maximum absolute atomic E-state index is 11.9. The van der Waals surface area contributed by atoms with Crippen LogP contribution < -0.4 is 0 Å². The molecule has 2 aromatic rings. The summed E-state index contributed by atoms with van der Waals surface area (Å²) in [4.78, 5) is 20.8. The van der Waals surface area contributed by atoms with Crippen LogP contribution in [0.4, 0.5) is 0 Å². The van der Waals surface area contributed by atoms with Crippen molar-refractivity contribution in [1.82, 2.24) is 19.9 Å². The zero-order chi connectivity index (χ0) is 16.5. The number of nitrogens with zero attached hydrogens (tertiary/aromatic N) is 4. The third kappa shape index (κ3) is 2.84. The largest absolute Gasteiger partial charge is 0.472 e. The number of hydrogen-bond donors (Lipinski definition) is 0. The van der Waals surface area contributed by atoms with Gasteiger partial charge in [-0.05, 0) is 38.3 Å². The van der Waals surface area contributed by atoms with Crippen LogP contribution in [0.3, 0.4) is 0 Å². The molecule has 0 saturated carbocycles. The Morgan fingerprint density at radius 2 is 2.12 bits per heavy atom. The Kier molecular flexibility index (Phi) is 4.10.